The minimum atomic E-state index is 0.511. The highest BCUT2D eigenvalue weighted by molar-refractivity contribution is 7.80. The Morgan fingerprint density at radius 1 is 1.06 bits per heavy atom. The molecule has 0 radical (unpaired) electrons. The van der Waals surface area contributed by atoms with Gasteiger partial charge in [0.15, 0.2) is 0 Å². The molecule has 0 nitrogen and oxygen atoms in total. The molecule has 0 heterocycles. The van der Waals surface area contributed by atoms with Gasteiger partial charge in [0.05, 0.1) is 0 Å². The Hall–Kier alpha value is -0.920. The average Bonchev–Trinajstić information content (AvgIpc) is 2.33. The lowest BCUT2D eigenvalue weighted by atomic mass is 9.94. The first-order valence-electron chi connectivity index (χ1n) is 5.58. The van der Waals surface area contributed by atoms with Crippen LogP contribution in [0.3, 0.4) is 0 Å². The van der Waals surface area contributed by atoms with Gasteiger partial charge in [-0.25, -0.2) is 0 Å². The van der Waals surface area contributed by atoms with Gasteiger partial charge in [0.25, 0.3) is 0 Å². The third-order valence-corrected chi connectivity index (χ3v) is 3.81. The van der Waals surface area contributed by atoms with Crippen LogP contribution in [0.5, 0.6) is 0 Å². The molecular formula is C15H15ClS. The summed E-state index contributed by atoms with van der Waals surface area (Å²) in [5.41, 5.74) is 6.10. The minimum absolute atomic E-state index is 0.511. The summed E-state index contributed by atoms with van der Waals surface area (Å²) in [5, 5.41) is 0. The van der Waals surface area contributed by atoms with Crippen molar-refractivity contribution in [3.05, 3.63) is 53.1 Å². The van der Waals surface area contributed by atoms with Gasteiger partial charge in [-0.3, -0.25) is 0 Å². The predicted octanol–water partition coefficient (Wildman–Crippen LogP) is 5.00. The summed E-state index contributed by atoms with van der Waals surface area (Å²) in [4.78, 5) is 0.983. The molecule has 0 unspecified atom stereocenters. The summed E-state index contributed by atoms with van der Waals surface area (Å²) in [6, 6.07) is 12.4. The van der Waals surface area contributed by atoms with E-state index in [9.17, 15) is 0 Å². The van der Waals surface area contributed by atoms with Crippen molar-refractivity contribution >= 4 is 24.2 Å². The van der Waals surface area contributed by atoms with Crippen molar-refractivity contribution in [2.45, 2.75) is 24.6 Å². The summed E-state index contributed by atoms with van der Waals surface area (Å²) in [5.74, 6) is 0.511. The fourth-order valence-electron chi connectivity index (χ4n) is 2.03. The van der Waals surface area contributed by atoms with Crippen LogP contribution in [0.15, 0.2) is 41.3 Å². The largest absolute Gasteiger partial charge is 0.143 e. The van der Waals surface area contributed by atoms with Crippen LogP contribution in [0.2, 0.25) is 0 Å². The quantitative estimate of drug-likeness (QED) is 0.572. The maximum absolute atomic E-state index is 6.01. The molecule has 0 saturated carbocycles. The van der Waals surface area contributed by atoms with E-state index in [4.69, 9.17) is 11.6 Å². The van der Waals surface area contributed by atoms with Gasteiger partial charge in [-0.1, -0.05) is 30.3 Å². The first-order chi connectivity index (χ1) is 8.15. The predicted molar refractivity (Wildman–Crippen MR) is 78.2 cm³/mol. The van der Waals surface area contributed by atoms with Crippen LogP contribution >= 0.6 is 24.2 Å². The zero-order valence-corrected chi connectivity index (χ0v) is 11.6. The van der Waals surface area contributed by atoms with Crippen LogP contribution in [0.1, 0.15) is 16.7 Å². The number of aryl methyl sites for hydroxylation is 1. The lowest BCUT2D eigenvalue weighted by Crippen LogP contribution is -1.92. The summed E-state index contributed by atoms with van der Waals surface area (Å²) in [7, 11) is 0. The molecule has 0 fully saturated rings. The highest BCUT2D eigenvalue weighted by Crippen LogP contribution is 2.34. The molecule has 88 valence electrons. The Morgan fingerprint density at radius 2 is 1.76 bits per heavy atom. The third-order valence-electron chi connectivity index (χ3n) is 3.15. The molecule has 0 aliphatic rings. The van der Waals surface area contributed by atoms with Crippen LogP contribution in [0, 0.1) is 13.8 Å². The van der Waals surface area contributed by atoms with E-state index in [1.54, 1.807) is 0 Å². The van der Waals surface area contributed by atoms with Gasteiger partial charge in [-0.2, -0.15) is 0 Å². The highest BCUT2D eigenvalue weighted by atomic mass is 35.5. The molecule has 2 heteroatoms. The zero-order chi connectivity index (χ0) is 12.4. The van der Waals surface area contributed by atoms with Crippen LogP contribution in [-0.4, -0.2) is 0 Å². The lowest BCUT2D eigenvalue weighted by molar-refractivity contribution is 1.28. The van der Waals surface area contributed by atoms with Crippen LogP contribution in [0.25, 0.3) is 11.1 Å². The average molecular weight is 263 g/mol. The van der Waals surface area contributed by atoms with Crippen molar-refractivity contribution in [2.75, 3.05) is 0 Å². The van der Waals surface area contributed by atoms with Crippen molar-refractivity contribution in [2.24, 2.45) is 0 Å². The molecule has 0 saturated heterocycles. The van der Waals surface area contributed by atoms with E-state index in [1.807, 2.05) is 12.1 Å². The van der Waals surface area contributed by atoms with Gasteiger partial charge in [0, 0.05) is 10.8 Å². The van der Waals surface area contributed by atoms with Crippen LogP contribution in [-0.2, 0) is 5.88 Å². The zero-order valence-electron chi connectivity index (χ0n) is 10.00. The molecule has 2 aromatic rings. The molecular weight excluding hydrogens is 248 g/mol. The SMILES string of the molecule is Cc1cccc(-c2c(S)cccc2CCl)c1C. The van der Waals surface area contributed by atoms with Crippen LogP contribution in [0.4, 0.5) is 0 Å². The fourth-order valence-corrected chi connectivity index (χ4v) is 2.60. The molecule has 0 amide bonds. The standard InChI is InChI=1S/C15H15ClS/c1-10-5-3-7-13(11(10)2)15-12(9-16)6-4-8-14(15)17/h3-8,17H,9H2,1-2H3. The first-order valence-corrected chi connectivity index (χ1v) is 6.56. The van der Waals surface area contributed by atoms with Gasteiger partial charge in [-0.15, -0.1) is 24.2 Å². The molecule has 2 aromatic carbocycles. The Bertz CT molecular complexity index is 547. The van der Waals surface area contributed by atoms with Crippen molar-refractivity contribution in [3.63, 3.8) is 0 Å². The number of halogens is 1. The van der Waals surface area contributed by atoms with E-state index in [1.165, 1.54) is 16.7 Å². The molecule has 0 spiro atoms. The molecule has 0 N–H and O–H groups in total. The lowest BCUT2D eigenvalue weighted by Gasteiger charge is -2.14. The molecule has 0 aromatic heterocycles. The molecule has 0 aliphatic carbocycles. The maximum atomic E-state index is 6.01. The summed E-state index contributed by atoms with van der Waals surface area (Å²) >= 11 is 10.6. The second-order valence-electron chi connectivity index (χ2n) is 4.19. The summed E-state index contributed by atoms with van der Waals surface area (Å²) in [6.45, 7) is 4.27. The van der Waals surface area contributed by atoms with Gasteiger partial charge < -0.3 is 0 Å². The van der Waals surface area contributed by atoms with Gasteiger partial charge in [0.2, 0.25) is 0 Å². The Morgan fingerprint density at radius 3 is 2.47 bits per heavy atom. The van der Waals surface area contributed by atoms with E-state index in [2.05, 4.69) is 50.7 Å². The van der Waals surface area contributed by atoms with E-state index in [0.29, 0.717) is 5.88 Å². The van der Waals surface area contributed by atoms with E-state index in [-0.39, 0.29) is 0 Å². The highest BCUT2D eigenvalue weighted by Gasteiger charge is 2.11. The first kappa shape index (κ1) is 12.5. The number of benzene rings is 2. The molecule has 0 bridgehead atoms. The Balaban J connectivity index is 2.72. The van der Waals surface area contributed by atoms with Gasteiger partial charge in [0.1, 0.15) is 0 Å². The summed E-state index contributed by atoms with van der Waals surface area (Å²) < 4.78 is 0. The van der Waals surface area contributed by atoms with Crippen LogP contribution < -0.4 is 0 Å². The minimum Gasteiger partial charge on any atom is -0.143 e. The van der Waals surface area contributed by atoms with Gasteiger partial charge >= 0.3 is 0 Å². The second kappa shape index (κ2) is 5.16. The fraction of sp³-hybridized carbons (Fsp3) is 0.200. The molecule has 0 aliphatic heterocycles. The Kier molecular flexibility index (Phi) is 3.80. The molecule has 0 atom stereocenters. The second-order valence-corrected chi connectivity index (χ2v) is 4.94. The van der Waals surface area contributed by atoms with E-state index >= 15 is 0 Å². The number of alkyl halides is 1. The number of thiol groups is 1. The number of hydrogen-bond acceptors (Lipinski definition) is 1. The number of rotatable bonds is 2. The van der Waals surface area contributed by atoms with E-state index in [0.717, 1.165) is 16.0 Å². The van der Waals surface area contributed by atoms with Crippen molar-refractivity contribution in [3.8, 4) is 11.1 Å². The Labute approximate surface area is 113 Å². The van der Waals surface area contributed by atoms with E-state index < -0.39 is 0 Å². The molecule has 2 rings (SSSR count). The normalized spacial score (nSPS) is 10.6. The smallest absolute Gasteiger partial charge is 0.0480 e. The summed E-state index contributed by atoms with van der Waals surface area (Å²) in [6.07, 6.45) is 0. The monoisotopic (exact) mass is 262 g/mol. The number of hydrogen-bond donors (Lipinski definition) is 1. The maximum Gasteiger partial charge on any atom is 0.0480 e. The third kappa shape index (κ3) is 2.36. The topological polar surface area (TPSA) is 0 Å². The van der Waals surface area contributed by atoms with Crippen molar-refractivity contribution < 1.29 is 0 Å². The van der Waals surface area contributed by atoms with Gasteiger partial charge in [-0.05, 0) is 47.7 Å². The van der Waals surface area contributed by atoms with Crippen molar-refractivity contribution in [1.29, 1.82) is 0 Å². The van der Waals surface area contributed by atoms with Crippen molar-refractivity contribution in [1.82, 2.24) is 0 Å². The molecule has 17 heavy (non-hydrogen) atoms.